The Morgan fingerprint density at radius 1 is 0.889 bits per heavy atom. The lowest BCUT2D eigenvalue weighted by Crippen LogP contribution is -2.49. The average Bonchev–Trinajstić information content (AvgIpc) is 2.42. The predicted molar refractivity (Wildman–Crippen MR) is 77.2 cm³/mol. The molecule has 1 saturated heterocycles. The summed E-state index contributed by atoms with van der Waals surface area (Å²) >= 11 is 0. The first-order chi connectivity index (χ1) is 8.80. The minimum absolute atomic E-state index is 0.837. The molecule has 1 heterocycles. The second-order valence-corrected chi connectivity index (χ2v) is 4.91. The van der Waals surface area contributed by atoms with Crippen LogP contribution in [0.2, 0.25) is 0 Å². The molecule has 1 aliphatic rings. The summed E-state index contributed by atoms with van der Waals surface area (Å²) in [5.41, 5.74) is 0. The van der Waals surface area contributed by atoms with Crippen LogP contribution in [0.4, 0.5) is 0 Å². The van der Waals surface area contributed by atoms with Crippen LogP contribution >= 0.6 is 0 Å². The van der Waals surface area contributed by atoms with Crippen LogP contribution in [0.25, 0.3) is 0 Å². The molecule has 0 bridgehead atoms. The molecule has 0 atom stereocenters. The maximum atomic E-state index is 5.41. The van der Waals surface area contributed by atoms with Gasteiger partial charge in [0, 0.05) is 52.4 Å². The molecule has 0 N–H and O–H groups in total. The standard InChI is InChI=1S/C14H31N3O/c1-4-15(5-2)7-8-16-9-11-17(12-10-16)13-14-18-6-3/h4-14H2,1-3H3. The minimum atomic E-state index is 0.837. The van der Waals surface area contributed by atoms with E-state index in [-0.39, 0.29) is 0 Å². The van der Waals surface area contributed by atoms with E-state index in [1.54, 1.807) is 0 Å². The monoisotopic (exact) mass is 257 g/mol. The number of rotatable bonds is 9. The maximum Gasteiger partial charge on any atom is 0.0593 e. The molecule has 108 valence electrons. The Bertz CT molecular complexity index is 189. The number of likely N-dealkylation sites (N-methyl/N-ethyl adjacent to an activating group) is 1. The van der Waals surface area contributed by atoms with Gasteiger partial charge in [-0.2, -0.15) is 0 Å². The Morgan fingerprint density at radius 3 is 1.94 bits per heavy atom. The van der Waals surface area contributed by atoms with E-state index in [1.165, 1.54) is 52.4 Å². The minimum Gasteiger partial charge on any atom is -0.380 e. The van der Waals surface area contributed by atoms with Crippen LogP contribution in [0.15, 0.2) is 0 Å². The molecular weight excluding hydrogens is 226 g/mol. The van der Waals surface area contributed by atoms with Gasteiger partial charge in [-0.3, -0.25) is 9.80 Å². The van der Waals surface area contributed by atoms with Crippen molar-refractivity contribution in [1.29, 1.82) is 0 Å². The molecule has 0 saturated carbocycles. The predicted octanol–water partition coefficient (Wildman–Crippen LogP) is 0.982. The molecule has 4 heteroatoms. The van der Waals surface area contributed by atoms with Gasteiger partial charge in [-0.15, -0.1) is 0 Å². The van der Waals surface area contributed by atoms with Crippen LogP contribution in [0.5, 0.6) is 0 Å². The molecule has 0 spiro atoms. The molecule has 0 unspecified atom stereocenters. The normalized spacial score (nSPS) is 18.7. The molecule has 0 aliphatic carbocycles. The van der Waals surface area contributed by atoms with Gasteiger partial charge in [0.15, 0.2) is 0 Å². The molecule has 1 rings (SSSR count). The Balaban J connectivity index is 2.07. The number of ether oxygens (including phenoxy) is 1. The Hall–Kier alpha value is -0.160. The van der Waals surface area contributed by atoms with Crippen molar-refractivity contribution in [1.82, 2.24) is 14.7 Å². The fourth-order valence-electron chi connectivity index (χ4n) is 2.40. The van der Waals surface area contributed by atoms with Crippen molar-refractivity contribution in [3.05, 3.63) is 0 Å². The summed E-state index contributed by atoms with van der Waals surface area (Å²) in [7, 11) is 0. The van der Waals surface area contributed by atoms with Crippen molar-refractivity contribution in [2.75, 3.05) is 72.1 Å². The lowest BCUT2D eigenvalue weighted by molar-refractivity contribution is 0.0773. The summed E-state index contributed by atoms with van der Waals surface area (Å²) in [4.78, 5) is 7.61. The van der Waals surface area contributed by atoms with E-state index in [1.807, 2.05) is 0 Å². The van der Waals surface area contributed by atoms with E-state index in [2.05, 4.69) is 35.5 Å². The van der Waals surface area contributed by atoms with Gasteiger partial charge in [-0.25, -0.2) is 0 Å². The first kappa shape index (κ1) is 15.9. The summed E-state index contributed by atoms with van der Waals surface area (Å²) in [6, 6.07) is 0. The van der Waals surface area contributed by atoms with Gasteiger partial charge in [0.25, 0.3) is 0 Å². The van der Waals surface area contributed by atoms with Crippen LogP contribution < -0.4 is 0 Å². The first-order valence-corrected chi connectivity index (χ1v) is 7.54. The van der Waals surface area contributed by atoms with Gasteiger partial charge in [0.1, 0.15) is 0 Å². The molecule has 0 radical (unpaired) electrons. The number of nitrogens with zero attached hydrogens (tertiary/aromatic N) is 3. The fourth-order valence-corrected chi connectivity index (χ4v) is 2.40. The van der Waals surface area contributed by atoms with E-state index in [0.717, 1.165) is 19.8 Å². The lowest BCUT2D eigenvalue weighted by Gasteiger charge is -2.35. The van der Waals surface area contributed by atoms with E-state index in [4.69, 9.17) is 4.74 Å². The van der Waals surface area contributed by atoms with Crippen LogP contribution in [-0.4, -0.2) is 86.8 Å². The quantitative estimate of drug-likeness (QED) is 0.573. The van der Waals surface area contributed by atoms with Gasteiger partial charge in [-0.05, 0) is 20.0 Å². The average molecular weight is 257 g/mol. The van der Waals surface area contributed by atoms with Crippen molar-refractivity contribution < 1.29 is 4.74 Å². The third kappa shape index (κ3) is 6.14. The van der Waals surface area contributed by atoms with Gasteiger partial charge in [-0.1, -0.05) is 13.8 Å². The third-order valence-electron chi connectivity index (χ3n) is 3.85. The smallest absolute Gasteiger partial charge is 0.0593 e. The van der Waals surface area contributed by atoms with Crippen molar-refractivity contribution in [2.24, 2.45) is 0 Å². The lowest BCUT2D eigenvalue weighted by atomic mass is 10.3. The fraction of sp³-hybridized carbons (Fsp3) is 1.00. The van der Waals surface area contributed by atoms with Crippen LogP contribution in [-0.2, 0) is 4.74 Å². The topological polar surface area (TPSA) is 19.0 Å². The second-order valence-electron chi connectivity index (χ2n) is 4.91. The van der Waals surface area contributed by atoms with Crippen molar-refractivity contribution >= 4 is 0 Å². The zero-order chi connectivity index (χ0) is 13.2. The molecule has 1 fully saturated rings. The van der Waals surface area contributed by atoms with Gasteiger partial charge >= 0.3 is 0 Å². The summed E-state index contributed by atoms with van der Waals surface area (Å²) in [5, 5.41) is 0. The van der Waals surface area contributed by atoms with Crippen molar-refractivity contribution in [2.45, 2.75) is 20.8 Å². The highest BCUT2D eigenvalue weighted by atomic mass is 16.5. The third-order valence-corrected chi connectivity index (χ3v) is 3.85. The summed E-state index contributed by atoms with van der Waals surface area (Å²) < 4.78 is 5.41. The zero-order valence-corrected chi connectivity index (χ0v) is 12.5. The molecule has 0 aromatic rings. The molecule has 4 nitrogen and oxygen atoms in total. The van der Waals surface area contributed by atoms with Crippen LogP contribution in [0.3, 0.4) is 0 Å². The second kappa shape index (κ2) is 9.73. The molecule has 0 aromatic heterocycles. The maximum absolute atomic E-state index is 5.41. The van der Waals surface area contributed by atoms with Crippen LogP contribution in [0, 0.1) is 0 Å². The Morgan fingerprint density at radius 2 is 1.44 bits per heavy atom. The summed E-state index contributed by atoms with van der Waals surface area (Å²) in [6.07, 6.45) is 0. The van der Waals surface area contributed by atoms with Crippen LogP contribution in [0.1, 0.15) is 20.8 Å². The van der Waals surface area contributed by atoms with Gasteiger partial charge in [0.2, 0.25) is 0 Å². The molecular formula is C14H31N3O. The highest BCUT2D eigenvalue weighted by Gasteiger charge is 2.16. The largest absolute Gasteiger partial charge is 0.380 e. The Labute approximate surface area is 113 Å². The van der Waals surface area contributed by atoms with E-state index < -0.39 is 0 Å². The highest BCUT2D eigenvalue weighted by molar-refractivity contribution is 4.72. The summed E-state index contributed by atoms with van der Waals surface area (Å²) in [5.74, 6) is 0. The van der Waals surface area contributed by atoms with Gasteiger partial charge < -0.3 is 9.64 Å². The molecule has 18 heavy (non-hydrogen) atoms. The SMILES string of the molecule is CCOCCN1CCN(CCN(CC)CC)CC1. The first-order valence-electron chi connectivity index (χ1n) is 7.54. The van der Waals surface area contributed by atoms with Crippen molar-refractivity contribution in [3.8, 4) is 0 Å². The van der Waals surface area contributed by atoms with Gasteiger partial charge in [0.05, 0.1) is 6.61 Å². The Kier molecular flexibility index (Phi) is 8.59. The number of hydrogen-bond donors (Lipinski definition) is 0. The molecule has 1 aliphatic heterocycles. The summed E-state index contributed by atoms with van der Waals surface area (Å²) in [6.45, 7) is 19.0. The zero-order valence-electron chi connectivity index (χ0n) is 12.5. The molecule has 0 amide bonds. The van der Waals surface area contributed by atoms with E-state index in [0.29, 0.717) is 0 Å². The number of piperazine rings is 1. The van der Waals surface area contributed by atoms with E-state index in [9.17, 15) is 0 Å². The number of hydrogen-bond acceptors (Lipinski definition) is 4. The van der Waals surface area contributed by atoms with E-state index >= 15 is 0 Å². The highest BCUT2D eigenvalue weighted by Crippen LogP contribution is 2.01. The molecule has 0 aromatic carbocycles. The van der Waals surface area contributed by atoms with Crippen molar-refractivity contribution in [3.63, 3.8) is 0 Å².